The highest BCUT2D eigenvalue weighted by Crippen LogP contribution is 2.29. The Morgan fingerprint density at radius 2 is 2.15 bits per heavy atom. The van der Waals surface area contributed by atoms with Gasteiger partial charge in [0.1, 0.15) is 5.75 Å². The number of aromatic hydroxyl groups is 1. The Morgan fingerprint density at radius 1 is 1.38 bits per heavy atom. The summed E-state index contributed by atoms with van der Waals surface area (Å²) in [5.74, 6) is 0.322. The predicted molar refractivity (Wildman–Crippen MR) is 56.5 cm³/mol. The maximum absolute atomic E-state index is 9.32. The number of thioether (sulfide) groups is 1. The zero-order valence-electron chi connectivity index (χ0n) is 7.59. The van der Waals surface area contributed by atoms with Crippen LogP contribution >= 0.6 is 11.8 Å². The van der Waals surface area contributed by atoms with Gasteiger partial charge in [0.15, 0.2) is 0 Å². The van der Waals surface area contributed by atoms with E-state index in [1.165, 1.54) is 10.6 Å². The number of aromatic nitrogens is 1. The van der Waals surface area contributed by atoms with Crippen LogP contribution in [0.3, 0.4) is 0 Å². The van der Waals surface area contributed by atoms with Crippen LogP contribution in [0.5, 0.6) is 5.75 Å². The monoisotopic (exact) mass is 193 g/mol. The SMILES string of the molecule is CSc1[nH]c2ccc(O)cc2c1C. The molecule has 1 aromatic heterocycles. The van der Waals surface area contributed by atoms with E-state index in [-0.39, 0.29) is 0 Å². The van der Waals surface area contributed by atoms with E-state index in [0.717, 1.165) is 10.9 Å². The van der Waals surface area contributed by atoms with Crippen molar-refractivity contribution in [2.75, 3.05) is 6.26 Å². The Bertz CT molecular complexity index is 447. The summed E-state index contributed by atoms with van der Waals surface area (Å²) in [6.07, 6.45) is 2.04. The third-order valence-corrected chi connectivity index (χ3v) is 3.02. The van der Waals surface area contributed by atoms with Crippen molar-refractivity contribution in [3.05, 3.63) is 23.8 Å². The molecule has 0 saturated heterocycles. The van der Waals surface area contributed by atoms with E-state index in [1.54, 1.807) is 23.9 Å². The van der Waals surface area contributed by atoms with E-state index in [9.17, 15) is 5.11 Å². The van der Waals surface area contributed by atoms with Gasteiger partial charge in [-0.1, -0.05) is 0 Å². The molecular weight excluding hydrogens is 182 g/mol. The highest BCUT2D eigenvalue weighted by molar-refractivity contribution is 7.98. The molecule has 2 rings (SSSR count). The molecule has 2 nitrogen and oxygen atoms in total. The number of nitrogens with one attached hydrogen (secondary N) is 1. The minimum Gasteiger partial charge on any atom is -0.508 e. The van der Waals surface area contributed by atoms with Gasteiger partial charge >= 0.3 is 0 Å². The lowest BCUT2D eigenvalue weighted by Crippen LogP contribution is -1.70. The van der Waals surface area contributed by atoms with Gasteiger partial charge < -0.3 is 10.1 Å². The maximum atomic E-state index is 9.32. The first-order valence-electron chi connectivity index (χ1n) is 4.07. The zero-order chi connectivity index (χ0) is 9.42. The van der Waals surface area contributed by atoms with Crippen molar-refractivity contribution in [3.63, 3.8) is 0 Å². The smallest absolute Gasteiger partial charge is 0.116 e. The van der Waals surface area contributed by atoms with Crippen LogP contribution in [0.25, 0.3) is 10.9 Å². The molecule has 1 heterocycles. The van der Waals surface area contributed by atoms with Crippen LogP contribution in [-0.4, -0.2) is 16.3 Å². The second-order valence-corrected chi connectivity index (χ2v) is 3.83. The summed E-state index contributed by atoms with van der Waals surface area (Å²) in [5.41, 5.74) is 2.29. The molecule has 0 atom stereocenters. The predicted octanol–water partition coefficient (Wildman–Crippen LogP) is 2.90. The average Bonchev–Trinajstić information content (AvgIpc) is 2.44. The molecule has 0 saturated carbocycles. The largest absolute Gasteiger partial charge is 0.508 e. The van der Waals surface area contributed by atoms with Crippen molar-refractivity contribution in [2.24, 2.45) is 0 Å². The van der Waals surface area contributed by atoms with Crippen molar-refractivity contribution < 1.29 is 5.11 Å². The summed E-state index contributed by atoms with van der Waals surface area (Å²) in [4.78, 5) is 3.29. The number of hydrogen-bond acceptors (Lipinski definition) is 2. The van der Waals surface area contributed by atoms with Crippen LogP contribution in [0.2, 0.25) is 0 Å². The number of benzene rings is 1. The standard InChI is InChI=1S/C10H11NOS/c1-6-8-5-7(12)3-4-9(8)11-10(6)13-2/h3-5,11-12H,1-2H3. The van der Waals surface area contributed by atoms with Crippen molar-refractivity contribution in [1.82, 2.24) is 4.98 Å². The third kappa shape index (κ3) is 1.29. The van der Waals surface area contributed by atoms with Crippen molar-refractivity contribution in [3.8, 4) is 5.75 Å². The number of aryl methyl sites for hydroxylation is 1. The fourth-order valence-corrected chi connectivity index (χ4v) is 2.12. The Morgan fingerprint density at radius 3 is 2.85 bits per heavy atom. The average molecular weight is 193 g/mol. The molecule has 0 aliphatic heterocycles. The zero-order valence-corrected chi connectivity index (χ0v) is 8.40. The fraction of sp³-hybridized carbons (Fsp3) is 0.200. The Balaban J connectivity index is 2.77. The minimum absolute atomic E-state index is 0.322. The van der Waals surface area contributed by atoms with Crippen molar-refractivity contribution in [2.45, 2.75) is 11.9 Å². The number of hydrogen-bond donors (Lipinski definition) is 2. The van der Waals surface area contributed by atoms with Gasteiger partial charge in [0, 0.05) is 10.9 Å². The molecule has 0 bridgehead atoms. The van der Waals surface area contributed by atoms with E-state index in [2.05, 4.69) is 11.9 Å². The van der Waals surface area contributed by atoms with Gasteiger partial charge in [-0.25, -0.2) is 0 Å². The molecule has 13 heavy (non-hydrogen) atoms. The van der Waals surface area contributed by atoms with Crippen molar-refractivity contribution in [1.29, 1.82) is 0 Å². The molecule has 0 spiro atoms. The molecular formula is C10H11NOS. The van der Waals surface area contributed by atoms with Crippen LogP contribution in [0, 0.1) is 6.92 Å². The summed E-state index contributed by atoms with van der Waals surface area (Å²) >= 11 is 1.69. The summed E-state index contributed by atoms with van der Waals surface area (Å²) in [7, 11) is 0. The van der Waals surface area contributed by atoms with Gasteiger partial charge in [0.05, 0.1) is 5.03 Å². The van der Waals surface area contributed by atoms with Gasteiger partial charge in [-0.3, -0.25) is 0 Å². The van der Waals surface area contributed by atoms with Crippen LogP contribution < -0.4 is 0 Å². The van der Waals surface area contributed by atoms with Gasteiger partial charge in [-0.2, -0.15) is 0 Å². The van der Waals surface area contributed by atoms with Gasteiger partial charge in [0.2, 0.25) is 0 Å². The quantitative estimate of drug-likeness (QED) is 0.683. The molecule has 0 unspecified atom stereocenters. The van der Waals surface area contributed by atoms with Crippen LogP contribution in [0.4, 0.5) is 0 Å². The Labute approximate surface area is 81.0 Å². The maximum Gasteiger partial charge on any atom is 0.116 e. The van der Waals surface area contributed by atoms with Gasteiger partial charge in [-0.05, 0) is 36.9 Å². The van der Waals surface area contributed by atoms with E-state index in [4.69, 9.17) is 0 Å². The van der Waals surface area contributed by atoms with Gasteiger partial charge in [-0.15, -0.1) is 11.8 Å². The first-order valence-corrected chi connectivity index (χ1v) is 5.30. The molecule has 0 aliphatic carbocycles. The Hall–Kier alpha value is -1.09. The number of aromatic amines is 1. The van der Waals surface area contributed by atoms with Crippen LogP contribution in [0.1, 0.15) is 5.56 Å². The molecule has 0 aliphatic rings. The molecule has 0 radical (unpaired) electrons. The lowest BCUT2D eigenvalue weighted by molar-refractivity contribution is 0.476. The molecule has 1 aromatic carbocycles. The molecule has 0 fully saturated rings. The third-order valence-electron chi connectivity index (χ3n) is 2.20. The number of phenolic OH excluding ortho intramolecular Hbond substituents is 1. The number of fused-ring (bicyclic) bond motifs is 1. The fourth-order valence-electron chi connectivity index (χ4n) is 1.49. The summed E-state index contributed by atoms with van der Waals surface area (Å²) in [6, 6.07) is 5.39. The van der Waals surface area contributed by atoms with Gasteiger partial charge in [0.25, 0.3) is 0 Å². The van der Waals surface area contributed by atoms with E-state index in [1.807, 2.05) is 12.3 Å². The van der Waals surface area contributed by atoms with E-state index >= 15 is 0 Å². The van der Waals surface area contributed by atoms with E-state index in [0.29, 0.717) is 5.75 Å². The highest BCUT2D eigenvalue weighted by atomic mass is 32.2. The first-order chi connectivity index (χ1) is 6.22. The summed E-state index contributed by atoms with van der Waals surface area (Å²) < 4.78 is 0. The Kier molecular flexibility index (Phi) is 1.96. The molecule has 3 heteroatoms. The molecule has 2 aromatic rings. The normalized spacial score (nSPS) is 10.9. The lowest BCUT2D eigenvalue weighted by atomic mass is 10.2. The van der Waals surface area contributed by atoms with Crippen LogP contribution in [0.15, 0.2) is 23.2 Å². The second kappa shape index (κ2) is 3.00. The van der Waals surface area contributed by atoms with Crippen LogP contribution in [-0.2, 0) is 0 Å². The lowest BCUT2D eigenvalue weighted by Gasteiger charge is -1.93. The number of rotatable bonds is 1. The molecule has 0 amide bonds. The van der Waals surface area contributed by atoms with E-state index < -0.39 is 0 Å². The highest BCUT2D eigenvalue weighted by Gasteiger charge is 2.06. The minimum atomic E-state index is 0.322. The summed E-state index contributed by atoms with van der Waals surface area (Å²) in [5, 5.41) is 11.6. The molecule has 2 N–H and O–H groups in total. The second-order valence-electron chi connectivity index (χ2n) is 3.01. The van der Waals surface area contributed by atoms with Crippen molar-refractivity contribution >= 4 is 22.7 Å². The summed E-state index contributed by atoms with van der Waals surface area (Å²) in [6.45, 7) is 2.06. The first kappa shape index (κ1) is 8.51. The number of phenols is 1. The topological polar surface area (TPSA) is 36.0 Å². The molecule has 68 valence electrons. The number of H-pyrrole nitrogens is 1.